The van der Waals surface area contributed by atoms with Gasteiger partial charge in [0.05, 0.1) is 11.8 Å². The van der Waals surface area contributed by atoms with Gasteiger partial charge in [-0.15, -0.1) is 0 Å². The smallest absolute Gasteiger partial charge is 0.257 e. The predicted octanol–water partition coefficient (Wildman–Crippen LogP) is 3.88. The van der Waals surface area contributed by atoms with E-state index in [-0.39, 0.29) is 11.2 Å². The molecule has 6 heteroatoms. The van der Waals surface area contributed by atoms with Gasteiger partial charge in [0.2, 0.25) is 0 Å². The van der Waals surface area contributed by atoms with Crippen LogP contribution in [-0.4, -0.2) is 29.6 Å². The minimum absolute atomic E-state index is 0.0882. The lowest BCUT2D eigenvalue weighted by atomic mass is 10.1. The normalized spacial score (nSPS) is 19.0. The Kier molecular flexibility index (Phi) is 4.47. The molecule has 0 N–H and O–H groups in total. The number of nitrogens with zero attached hydrogens (tertiary/aromatic N) is 1. The average Bonchev–Trinajstić information content (AvgIpc) is 2.94. The van der Waals surface area contributed by atoms with E-state index in [0.29, 0.717) is 36.4 Å². The molecule has 3 nitrogen and oxygen atoms in total. The predicted molar refractivity (Wildman–Crippen MR) is 80.8 cm³/mol. The molecule has 0 radical (unpaired) electrons. The molecule has 1 aliphatic heterocycles. The largest absolute Gasteiger partial charge is 0.472 e. The Labute approximate surface area is 131 Å². The number of benzene rings is 1. The van der Waals surface area contributed by atoms with E-state index in [4.69, 9.17) is 4.42 Å². The van der Waals surface area contributed by atoms with E-state index in [0.717, 1.165) is 12.1 Å². The fraction of sp³-hybridized carbons (Fsp3) is 0.312. The summed E-state index contributed by atoms with van der Waals surface area (Å²) in [5, 5.41) is -0.141. The molecule has 0 bridgehead atoms. The van der Waals surface area contributed by atoms with Crippen molar-refractivity contribution in [2.75, 3.05) is 18.8 Å². The van der Waals surface area contributed by atoms with Gasteiger partial charge >= 0.3 is 0 Å². The fourth-order valence-corrected chi connectivity index (χ4v) is 3.79. The van der Waals surface area contributed by atoms with E-state index >= 15 is 0 Å². The van der Waals surface area contributed by atoms with Gasteiger partial charge in [-0.2, -0.15) is 11.8 Å². The Hall–Kier alpha value is -1.82. The van der Waals surface area contributed by atoms with Crippen LogP contribution >= 0.6 is 11.8 Å². The first-order valence-corrected chi connectivity index (χ1v) is 8.08. The molecule has 0 aliphatic carbocycles. The van der Waals surface area contributed by atoms with Gasteiger partial charge in [0.1, 0.15) is 17.9 Å². The van der Waals surface area contributed by atoms with Gasteiger partial charge in [-0.1, -0.05) is 0 Å². The van der Waals surface area contributed by atoms with Crippen molar-refractivity contribution in [3.63, 3.8) is 0 Å². The summed E-state index contributed by atoms with van der Waals surface area (Å²) >= 11 is 1.55. The zero-order chi connectivity index (χ0) is 15.5. The molecule has 1 fully saturated rings. The van der Waals surface area contributed by atoms with Gasteiger partial charge < -0.3 is 9.32 Å². The Morgan fingerprint density at radius 1 is 1.27 bits per heavy atom. The number of rotatable bonds is 2. The van der Waals surface area contributed by atoms with E-state index in [2.05, 4.69) is 0 Å². The van der Waals surface area contributed by atoms with Crippen molar-refractivity contribution in [3.05, 3.63) is 59.6 Å². The molecule has 0 saturated carbocycles. The standard InChI is InChI=1S/C16H15F2NO2S/c17-12-1-2-14(18)13(9-12)15-3-5-19(6-8-22-15)16(20)11-4-7-21-10-11/h1-2,4,7,9-10,15H,3,5-6,8H2/t15-/m0/s1. The van der Waals surface area contributed by atoms with Gasteiger partial charge in [-0.25, -0.2) is 8.78 Å². The van der Waals surface area contributed by atoms with Crippen LogP contribution in [0.3, 0.4) is 0 Å². The highest BCUT2D eigenvalue weighted by Crippen LogP contribution is 2.36. The van der Waals surface area contributed by atoms with Crippen molar-refractivity contribution in [1.82, 2.24) is 4.90 Å². The summed E-state index contributed by atoms with van der Waals surface area (Å²) in [6, 6.07) is 5.16. The quantitative estimate of drug-likeness (QED) is 0.841. The first-order valence-electron chi connectivity index (χ1n) is 7.03. The second kappa shape index (κ2) is 6.52. The van der Waals surface area contributed by atoms with Gasteiger partial charge in [-0.05, 0) is 30.7 Å². The van der Waals surface area contributed by atoms with Crippen LogP contribution in [-0.2, 0) is 0 Å². The maximum Gasteiger partial charge on any atom is 0.257 e. The number of thioether (sulfide) groups is 1. The molecular formula is C16H15F2NO2S. The molecule has 116 valence electrons. The molecule has 1 amide bonds. The fourth-order valence-electron chi connectivity index (χ4n) is 2.55. The van der Waals surface area contributed by atoms with Gasteiger partial charge in [-0.3, -0.25) is 4.79 Å². The molecule has 2 heterocycles. The second-order valence-corrected chi connectivity index (χ2v) is 6.43. The SMILES string of the molecule is O=C(c1ccoc1)N1CCS[C@H](c2cc(F)ccc2F)CC1. The molecule has 0 spiro atoms. The van der Waals surface area contributed by atoms with Crippen LogP contribution in [0.1, 0.15) is 27.6 Å². The minimum Gasteiger partial charge on any atom is -0.472 e. The number of amides is 1. The third-order valence-electron chi connectivity index (χ3n) is 3.70. The molecule has 0 unspecified atom stereocenters. The Morgan fingerprint density at radius 3 is 2.91 bits per heavy atom. The number of hydrogen-bond donors (Lipinski definition) is 0. The van der Waals surface area contributed by atoms with Crippen LogP contribution in [0.2, 0.25) is 0 Å². The van der Waals surface area contributed by atoms with Crippen molar-refractivity contribution in [3.8, 4) is 0 Å². The first-order chi connectivity index (χ1) is 10.6. The van der Waals surface area contributed by atoms with Crippen molar-refractivity contribution in [2.45, 2.75) is 11.7 Å². The third kappa shape index (κ3) is 3.16. The third-order valence-corrected chi connectivity index (χ3v) is 5.01. The number of carbonyl (C=O) groups is 1. The van der Waals surface area contributed by atoms with E-state index in [1.807, 2.05) is 0 Å². The summed E-state index contributed by atoms with van der Waals surface area (Å²) in [5.41, 5.74) is 0.892. The van der Waals surface area contributed by atoms with Crippen molar-refractivity contribution < 1.29 is 18.0 Å². The molecular weight excluding hydrogens is 308 g/mol. The van der Waals surface area contributed by atoms with Crippen molar-refractivity contribution >= 4 is 17.7 Å². The number of halogens is 2. The van der Waals surface area contributed by atoms with Crippen LogP contribution in [0, 0.1) is 11.6 Å². The minimum atomic E-state index is -0.437. The lowest BCUT2D eigenvalue weighted by Gasteiger charge is -2.19. The maximum absolute atomic E-state index is 13.9. The summed E-state index contributed by atoms with van der Waals surface area (Å²) in [6.45, 7) is 1.10. The molecule has 1 aliphatic rings. The Bertz CT molecular complexity index is 660. The van der Waals surface area contributed by atoms with Crippen LogP contribution in [0.15, 0.2) is 41.2 Å². The van der Waals surface area contributed by atoms with Crippen molar-refractivity contribution in [2.24, 2.45) is 0 Å². The Morgan fingerprint density at radius 2 is 2.14 bits per heavy atom. The molecule has 3 rings (SSSR count). The molecule has 1 atom stereocenters. The summed E-state index contributed by atoms with van der Waals surface area (Å²) in [7, 11) is 0. The molecule has 22 heavy (non-hydrogen) atoms. The van der Waals surface area contributed by atoms with Gasteiger partial charge in [0.25, 0.3) is 5.91 Å². The average molecular weight is 323 g/mol. The summed E-state index contributed by atoms with van der Waals surface area (Å²) in [5.74, 6) is -0.236. The van der Waals surface area contributed by atoms with Crippen LogP contribution in [0.5, 0.6) is 0 Å². The molecule has 1 saturated heterocycles. The second-order valence-electron chi connectivity index (χ2n) is 5.12. The first kappa shape index (κ1) is 15.1. The van der Waals surface area contributed by atoms with E-state index in [1.165, 1.54) is 18.6 Å². The molecule has 1 aromatic carbocycles. The van der Waals surface area contributed by atoms with Crippen LogP contribution in [0.25, 0.3) is 0 Å². The highest BCUT2D eigenvalue weighted by atomic mass is 32.2. The van der Waals surface area contributed by atoms with Gasteiger partial charge in [0.15, 0.2) is 0 Å². The van der Waals surface area contributed by atoms with E-state index in [1.54, 1.807) is 22.7 Å². The summed E-state index contributed by atoms with van der Waals surface area (Å²) in [4.78, 5) is 14.0. The van der Waals surface area contributed by atoms with E-state index < -0.39 is 11.6 Å². The zero-order valence-corrected chi connectivity index (χ0v) is 12.6. The summed E-state index contributed by atoms with van der Waals surface area (Å²) in [6.07, 6.45) is 3.48. The highest BCUT2D eigenvalue weighted by Gasteiger charge is 2.25. The van der Waals surface area contributed by atoms with Crippen molar-refractivity contribution in [1.29, 1.82) is 0 Å². The lowest BCUT2D eigenvalue weighted by molar-refractivity contribution is 0.0766. The van der Waals surface area contributed by atoms with Gasteiger partial charge in [0, 0.05) is 29.7 Å². The topological polar surface area (TPSA) is 33.5 Å². The molecule has 2 aromatic rings. The maximum atomic E-state index is 13.9. The monoisotopic (exact) mass is 323 g/mol. The number of hydrogen-bond acceptors (Lipinski definition) is 3. The number of furan rings is 1. The zero-order valence-electron chi connectivity index (χ0n) is 11.8. The highest BCUT2D eigenvalue weighted by molar-refractivity contribution is 7.99. The Balaban J connectivity index is 1.72. The van der Waals surface area contributed by atoms with Crippen LogP contribution in [0.4, 0.5) is 8.78 Å². The molecule has 1 aromatic heterocycles. The summed E-state index contributed by atoms with van der Waals surface area (Å²) < 4.78 is 32.2. The number of carbonyl (C=O) groups excluding carboxylic acids is 1. The van der Waals surface area contributed by atoms with E-state index in [9.17, 15) is 13.6 Å². The van der Waals surface area contributed by atoms with Crippen LogP contribution < -0.4 is 0 Å². The lowest BCUT2D eigenvalue weighted by Crippen LogP contribution is -2.32.